The first-order valence-electron chi connectivity index (χ1n) is 5.48. The highest BCUT2D eigenvalue weighted by molar-refractivity contribution is 6.17. The normalized spacial score (nSPS) is 10.2. The summed E-state index contributed by atoms with van der Waals surface area (Å²) in [6.07, 6.45) is -0.00157. The highest BCUT2D eigenvalue weighted by Crippen LogP contribution is 2.26. The van der Waals surface area contributed by atoms with Crippen molar-refractivity contribution in [2.75, 3.05) is 6.61 Å². The standard InChI is InChI=1S/C12H14ClNO4/c1-3-18-12(15)6-9-4-8(2)5-11(14(16)17)10(9)7-13/h4-5H,3,6-7H2,1-2H3. The Bertz CT molecular complexity index is 473. The minimum atomic E-state index is -0.487. The first kappa shape index (κ1) is 14.4. The maximum absolute atomic E-state index is 11.4. The molecule has 0 N–H and O–H groups in total. The topological polar surface area (TPSA) is 69.4 Å². The van der Waals surface area contributed by atoms with E-state index in [1.807, 2.05) is 0 Å². The van der Waals surface area contributed by atoms with Crippen molar-refractivity contribution in [3.63, 3.8) is 0 Å². The van der Waals surface area contributed by atoms with Gasteiger partial charge in [-0.2, -0.15) is 0 Å². The lowest BCUT2D eigenvalue weighted by Crippen LogP contribution is -2.10. The Labute approximate surface area is 110 Å². The summed E-state index contributed by atoms with van der Waals surface area (Å²) in [5, 5.41) is 10.9. The van der Waals surface area contributed by atoms with E-state index < -0.39 is 10.9 Å². The number of carbonyl (C=O) groups is 1. The van der Waals surface area contributed by atoms with Crippen molar-refractivity contribution in [2.24, 2.45) is 0 Å². The van der Waals surface area contributed by atoms with Crippen LogP contribution in [0.15, 0.2) is 12.1 Å². The van der Waals surface area contributed by atoms with Crippen LogP contribution in [0.25, 0.3) is 0 Å². The van der Waals surface area contributed by atoms with Gasteiger partial charge in [-0.25, -0.2) is 0 Å². The summed E-state index contributed by atoms with van der Waals surface area (Å²) in [5.74, 6) is -0.422. The van der Waals surface area contributed by atoms with E-state index >= 15 is 0 Å². The molecular weight excluding hydrogens is 258 g/mol. The number of esters is 1. The van der Waals surface area contributed by atoms with E-state index in [0.29, 0.717) is 11.1 Å². The van der Waals surface area contributed by atoms with Gasteiger partial charge in [0.1, 0.15) is 0 Å². The van der Waals surface area contributed by atoms with Crippen molar-refractivity contribution in [3.8, 4) is 0 Å². The van der Waals surface area contributed by atoms with Gasteiger partial charge >= 0.3 is 5.97 Å². The van der Waals surface area contributed by atoms with Gasteiger partial charge in [0.2, 0.25) is 0 Å². The predicted octanol–water partition coefficient (Wildman–Crippen LogP) is 2.75. The second kappa shape index (κ2) is 6.35. The number of nitro benzene ring substituents is 1. The van der Waals surface area contributed by atoms with E-state index in [1.165, 1.54) is 6.07 Å². The molecule has 0 heterocycles. The van der Waals surface area contributed by atoms with E-state index in [2.05, 4.69) is 0 Å². The first-order chi connectivity index (χ1) is 8.49. The molecule has 0 aliphatic heterocycles. The number of benzene rings is 1. The summed E-state index contributed by atoms with van der Waals surface area (Å²) in [6, 6.07) is 3.17. The summed E-state index contributed by atoms with van der Waals surface area (Å²) < 4.78 is 4.83. The lowest BCUT2D eigenvalue weighted by atomic mass is 10.0. The molecular formula is C12H14ClNO4. The van der Waals surface area contributed by atoms with Gasteiger partial charge in [0.25, 0.3) is 5.69 Å². The van der Waals surface area contributed by atoms with E-state index in [-0.39, 0.29) is 24.6 Å². The third-order valence-electron chi connectivity index (χ3n) is 2.43. The molecule has 0 fully saturated rings. The van der Waals surface area contributed by atoms with Crippen LogP contribution >= 0.6 is 11.6 Å². The third-order valence-corrected chi connectivity index (χ3v) is 2.70. The van der Waals surface area contributed by atoms with Gasteiger partial charge in [0.15, 0.2) is 0 Å². The summed E-state index contributed by atoms with van der Waals surface area (Å²) in [4.78, 5) is 21.9. The van der Waals surface area contributed by atoms with Gasteiger partial charge in [-0.1, -0.05) is 6.07 Å². The average Bonchev–Trinajstić information content (AvgIpc) is 2.28. The molecule has 0 saturated heterocycles. The smallest absolute Gasteiger partial charge is 0.310 e. The van der Waals surface area contributed by atoms with E-state index in [0.717, 1.165) is 5.56 Å². The molecule has 0 aromatic heterocycles. The van der Waals surface area contributed by atoms with Crippen LogP contribution in [0, 0.1) is 17.0 Å². The molecule has 0 saturated carbocycles. The average molecular weight is 272 g/mol. The Morgan fingerprint density at radius 1 is 1.50 bits per heavy atom. The van der Waals surface area contributed by atoms with Crippen molar-refractivity contribution in [1.29, 1.82) is 0 Å². The molecule has 0 amide bonds. The summed E-state index contributed by atoms with van der Waals surface area (Å²) >= 11 is 5.74. The van der Waals surface area contributed by atoms with Gasteiger partial charge < -0.3 is 4.74 Å². The Kier molecular flexibility index (Phi) is 5.09. The molecule has 5 nitrogen and oxygen atoms in total. The van der Waals surface area contributed by atoms with Crippen LogP contribution in [-0.2, 0) is 21.8 Å². The number of hydrogen-bond acceptors (Lipinski definition) is 4. The van der Waals surface area contributed by atoms with Crippen molar-refractivity contribution in [1.82, 2.24) is 0 Å². The van der Waals surface area contributed by atoms with Crippen LogP contribution in [0.4, 0.5) is 5.69 Å². The third kappa shape index (κ3) is 3.43. The fourth-order valence-corrected chi connectivity index (χ4v) is 2.02. The second-order valence-electron chi connectivity index (χ2n) is 3.79. The molecule has 0 bridgehead atoms. The van der Waals surface area contributed by atoms with Gasteiger partial charge in [0.05, 0.1) is 23.8 Å². The monoisotopic (exact) mass is 271 g/mol. The van der Waals surface area contributed by atoms with Crippen molar-refractivity contribution >= 4 is 23.3 Å². The van der Waals surface area contributed by atoms with Crippen LogP contribution in [0.1, 0.15) is 23.6 Å². The van der Waals surface area contributed by atoms with Crippen molar-refractivity contribution in [3.05, 3.63) is 38.9 Å². The molecule has 0 spiro atoms. The Balaban J connectivity index is 3.17. The Morgan fingerprint density at radius 3 is 2.67 bits per heavy atom. The van der Waals surface area contributed by atoms with Crippen LogP contribution in [0.3, 0.4) is 0 Å². The highest BCUT2D eigenvalue weighted by atomic mass is 35.5. The molecule has 0 unspecified atom stereocenters. The molecule has 1 aromatic rings. The minimum absolute atomic E-state index is 0.00157. The van der Waals surface area contributed by atoms with Crippen molar-refractivity contribution in [2.45, 2.75) is 26.1 Å². The summed E-state index contributed by atoms with van der Waals surface area (Å²) in [6.45, 7) is 3.72. The first-order valence-corrected chi connectivity index (χ1v) is 6.01. The number of carbonyl (C=O) groups excluding carboxylic acids is 1. The lowest BCUT2D eigenvalue weighted by Gasteiger charge is -2.09. The summed E-state index contributed by atoms with van der Waals surface area (Å²) in [5.41, 5.74) is 1.59. The number of nitro groups is 1. The van der Waals surface area contributed by atoms with Gasteiger partial charge in [-0.15, -0.1) is 11.6 Å². The SMILES string of the molecule is CCOC(=O)Cc1cc(C)cc([N+](=O)[O-])c1CCl. The van der Waals surface area contributed by atoms with Crippen LogP contribution in [-0.4, -0.2) is 17.5 Å². The molecule has 0 aliphatic rings. The summed E-state index contributed by atoms with van der Waals surface area (Å²) in [7, 11) is 0. The maximum Gasteiger partial charge on any atom is 0.310 e. The van der Waals surface area contributed by atoms with Gasteiger partial charge in [-0.3, -0.25) is 14.9 Å². The van der Waals surface area contributed by atoms with Gasteiger partial charge in [0, 0.05) is 11.6 Å². The number of alkyl halides is 1. The minimum Gasteiger partial charge on any atom is -0.466 e. The quantitative estimate of drug-likeness (QED) is 0.357. The van der Waals surface area contributed by atoms with E-state index in [4.69, 9.17) is 16.3 Å². The van der Waals surface area contributed by atoms with E-state index in [1.54, 1.807) is 19.9 Å². The molecule has 1 rings (SSSR count). The lowest BCUT2D eigenvalue weighted by molar-refractivity contribution is -0.385. The van der Waals surface area contributed by atoms with Crippen LogP contribution in [0.2, 0.25) is 0 Å². The number of hydrogen-bond donors (Lipinski definition) is 0. The molecule has 6 heteroatoms. The second-order valence-corrected chi connectivity index (χ2v) is 4.06. The number of nitrogens with zero attached hydrogens (tertiary/aromatic N) is 1. The van der Waals surface area contributed by atoms with Gasteiger partial charge in [-0.05, 0) is 25.0 Å². The fraction of sp³-hybridized carbons (Fsp3) is 0.417. The zero-order valence-corrected chi connectivity index (χ0v) is 11.0. The number of rotatable bonds is 5. The predicted molar refractivity (Wildman–Crippen MR) is 67.7 cm³/mol. The van der Waals surface area contributed by atoms with Crippen LogP contribution in [0.5, 0.6) is 0 Å². The molecule has 0 atom stereocenters. The fourth-order valence-electron chi connectivity index (χ4n) is 1.71. The molecule has 0 aliphatic carbocycles. The zero-order chi connectivity index (χ0) is 13.7. The number of halogens is 1. The van der Waals surface area contributed by atoms with Crippen LogP contribution < -0.4 is 0 Å². The van der Waals surface area contributed by atoms with Crippen molar-refractivity contribution < 1.29 is 14.5 Å². The Hall–Kier alpha value is -1.62. The number of aryl methyl sites for hydroxylation is 1. The molecule has 18 heavy (non-hydrogen) atoms. The van der Waals surface area contributed by atoms with E-state index in [9.17, 15) is 14.9 Å². The Morgan fingerprint density at radius 2 is 2.17 bits per heavy atom. The zero-order valence-electron chi connectivity index (χ0n) is 10.2. The molecule has 1 aromatic carbocycles. The number of ether oxygens (including phenoxy) is 1. The highest BCUT2D eigenvalue weighted by Gasteiger charge is 2.19. The molecule has 98 valence electrons. The maximum atomic E-state index is 11.4. The molecule has 0 radical (unpaired) electrons. The largest absolute Gasteiger partial charge is 0.466 e.